The number of rotatable bonds is 6. The molecule has 94 valence electrons. The van der Waals surface area contributed by atoms with Crippen molar-refractivity contribution in [3.63, 3.8) is 0 Å². The van der Waals surface area contributed by atoms with Crippen molar-refractivity contribution in [2.45, 2.75) is 44.9 Å². The van der Waals surface area contributed by atoms with Crippen molar-refractivity contribution >= 4 is 0 Å². The van der Waals surface area contributed by atoms with Gasteiger partial charge >= 0.3 is 0 Å². The Labute approximate surface area is 110 Å². The van der Waals surface area contributed by atoms with E-state index in [1.807, 2.05) is 30.3 Å². The minimum Gasteiger partial charge on any atom is -0.198 e. The molecule has 0 saturated heterocycles. The maximum absolute atomic E-state index is 9.69. The van der Waals surface area contributed by atoms with Crippen LogP contribution in [-0.4, -0.2) is 0 Å². The third-order valence-electron chi connectivity index (χ3n) is 3.68. The van der Waals surface area contributed by atoms with Crippen molar-refractivity contribution in [2.75, 3.05) is 0 Å². The van der Waals surface area contributed by atoms with Gasteiger partial charge in [-0.25, -0.2) is 0 Å². The molecule has 0 N–H and O–H groups in total. The first kappa shape index (κ1) is 14.3. The van der Waals surface area contributed by atoms with E-state index in [9.17, 15) is 5.26 Å². The third-order valence-corrected chi connectivity index (χ3v) is 3.68. The number of hydrogen-bond donors (Lipinski definition) is 0. The van der Waals surface area contributed by atoms with Gasteiger partial charge in [0.05, 0.1) is 17.6 Å². The number of benzene rings is 1. The summed E-state index contributed by atoms with van der Waals surface area (Å²) in [7, 11) is 0. The molecule has 0 amide bonds. The molecule has 18 heavy (non-hydrogen) atoms. The van der Waals surface area contributed by atoms with Crippen molar-refractivity contribution in [3.05, 3.63) is 35.9 Å². The first-order valence-corrected chi connectivity index (χ1v) is 6.55. The molecule has 0 bridgehead atoms. The van der Waals surface area contributed by atoms with Crippen molar-refractivity contribution in [3.8, 4) is 12.1 Å². The summed E-state index contributed by atoms with van der Waals surface area (Å²) in [5, 5.41) is 18.5. The van der Waals surface area contributed by atoms with Crippen molar-refractivity contribution in [2.24, 2.45) is 5.92 Å². The zero-order chi connectivity index (χ0) is 13.4. The molecule has 0 aliphatic rings. The van der Waals surface area contributed by atoms with E-state index in [1.54, 1.807) is 0 Å². The van der Waals surface area contributed by atoms with Crippen LogP contribution in [0.3, 0.4) is 0 Å². The van der Waals surface area contributed by atoms with Gasteiger partial charge in [-0.1, -0.05) is 50.6 Å². The summed E-state index contributed by atoms with van der Waals surface area (Å²) < 4.78 is 0. The molecule has 1 rings (SSSR count). The summed E-state index contributed by atoms with van der Waals surface area (Å²) >= 11 is 0. The fraction of sp³-hybridized carbons (Fsp3) is 0.500. The Bertz CT molecular complexity index is 438. The highest BCUT2D eigenvalue weighted by Crippen LogP contribution is 2.38. The zero-order valence-electron chi connectivity index (χ0n) is 11.2. The topological polar surface area (TPSA) is 47.6 Å². The van der Waals surface area contributed by atoms with Crippen LogP contribution in [0.25, 0.3) is 0 Å². The van der Waals surface area contributed by atoms with Gasteiger partial charge in [0.1, 0.15) is 0 Å². The van der Waals surface area contributed by atoms with Crippen LogP contribution < -0.4 is 0 Å². The van der Waals surface area contributed by atoms with E-state index in [1.165, 1.54) is 0 Å². The Morgan fingerprint density at radius 2 is 1.89 bits per heavy atom. The predicted molar refractivity (Wildman–Crippen MR) is 72.7 cm³/mol. The van der Waals surface area contributed by atoms with Crippen LogP contribution >= 0.6 is 0 Å². The van der Waals surface area contributed by atoms with Gasteiger partial charge in [-0.2, -0.15) is 10.5 Å². The summed E-state index contributed by atoms with van der Waals surface area (Å²) in [4.78, 5) is 0. The molecular weight excluding hydrogens is 220 g/mol. The lowest BCUT2D eigenvalue weighted by molar-refractivity contribution is 0.325. The molecular formula is C16H20N2. The van der Waals surface area contributed by atoms with Crippen LogP contribution in [0, 0.1) is 28.6 Å². The molecule has 0 spiro atoms. The highest BCUT2D eigenvalue weighted by Gasteiger charge is 2.37. The largest absolute Gasteiger partial charge is 0.198 e. The van der Waals surface area contributed by atoms with E-state index in [-0.39, 0.29) is 5.92 Å². The quantitative estimate of drug-likeness (QED) is 0.748. The van der Waals surface area contributed by atoms with E-state index < -0.39 is 5.41 Å². The zero-order valence-corrected chi connectivity index (χ0v) is 11.2. The molecule has 0 heterocycles. The summed E-state index contributed by atoms with van der Waals surface area (Å²) in [5.41, 5.74) is 0.524. The Balaban J connectivity index is 3.15. The van der Waals surface area contributed by atoms with Crippen molar-refractivity contribution in [1.82, 2.24) is 0 Å². The lowest BCUT2D eigenvalue weighted by Crippen LogP contribution is -2.32. The minimum atomic E-state index is -0.521. The smallest absolute Gasteiger partial charge is 0.0857 e. The first-order valence-electron chi connectivity index (χ1n) is 6.55. The Kier molecular flexibility index (Phi) is 5.40. The second kappa shape index (κ2) is 6.82. The van der Waals surface area contributed by atoms with Crippen LogP contribution in [0.15, 0.2) is 30.3 Å². The molecule has 1 aromatic carbocycles. The van der Waals surface area contributed by atoms with Crippen LogP contribution in [0.5, 0.6) is 0 Å². The minimum absolute atomic E-state index is 0.267. The predicted octanol–water partition coefficient (Wildman–Crippen LogP) is 4.19. The summed E-state index contributed by atoms with van der Waals surface area (Å²) in [5.74, 6) is 0.267. The van der Waals surface area contributed by atoms with Crippen molar-refractivity contribution in [1.29, 1.82) is 10.5 Å². The standard InChI is InChI=1S/C16H20N2/c1-3-8-14(2)16(13-18,11-7-12-17)15-9-5-4-6-10-15/h4-6,9-10,14H,3,7-8,11H2,1-2H3/t14-,16-/m1/s1. The van der Waals surface area contributed by atoms with E-state index in [0.717, 1.165) is 18.4 Å². The van der Waals surface area contributed by atoms with E-state index in [2.05, 4.69) is 26.0 Å². The van der Waals surface area contributed by atoms with E-state index in [0.29, 0.717) is 12.8 Å². The normalized spacial score (nSPS) is 15.1. The Hall–Kier alpha value is -1.80. The maximum atomic E-state index is 9.69. The van der Waals surface area contributed by atoms with Crippen molar-refractivity contribution < 1.29 is 0 Å². The van der Waals surface area contributed by atoms with Crippen LogP contribution in [0.4, 0.5) is 0 Å². The van der Waals surface area contributed by atoms with E-state index >= 15 is 0 Å². The lowest BCUT2D eigenvalue weighted by Gasteiger charge is -2.33. The summed E-state index contributed by atoms with van der Waals surface area (Å²) in [6, 6.07) is 14.6. The summed E-state index contributed by atoms with van der Waals surface area (Å²) in [6.45, 7) is 4.25. The Morgan fingerprint density at radius 1 is 1.22 bits per heavy atom. The molecule has 0 fully saturated rings. The molecule has 1 aromatic rings. The summed E-state index contributed by atoms with van der Waals surface area (Å²) in [6.07, 6.45) is 3.11. The first-order chi connectivity index (χ1) is 8.71. The van der Waals surface area contributed by atoms with Crippen LogP contribution in [0.2, 0.25) is 0 Å². The highest BCUT2D eigenvalue weighted by molar-refractivity contribution is 5.33. The van der Waals surface area contributed by atoms with Gasteiger partial charge in [-0.05, 0) is 24.3 Å². The average molecular weight is 240 g/mol. The van der Waals surface area contributed by atoms with Gasteiger partial charge in [0.25, 0.3) is 0 Å². The molecule has 0 aliphatic heterocycles. The SMILES string of the molecule is CCC[C@@H](C)[C@](C#N)(CCC#N)c1ccccc1. The second-order valence-electron chi connectivity index (χ2n) is 4.80. The van der Waals surface area contributed by atoms with Gasteiger partial charge in [-0.3, -0.25) is 0 Å². The Morgan fingerprint density at radius 3 is 2.39 bits per heavy atom. The molecule has 0 aromatic heterocycles. The van der Waals surface area contributed by atoms with Gasteiger partial charge < -0.3 is 0 Å². The molecule has 0 radical (unpaired) electrons. The molecule has 2 atom stereocenters. The third kappa shape index (κ3) is 2.90. The van der Waals surface area contributed by atoms with Crippen LogP contribution in [0.1, 0.15) is 45.1 Å². The fourth-order valence-corrected chi connectivity index (χ4v) is 2.57. The second-order valence-corrected chi connectivity index (χ2v) is 4.80. The number of nitrogens with zero attached hydrogens (tertiary/aromatic N) is 2. The number of nitriles is 2. The van der Waals surface area contributed by atoms with Crippen LogP contribution in [-0.2, 0) is 5.41 Å². The van der Waals surface area contributed by atoms with Gasteiger partial charge in [0.2, 0.25) is 0 Å². The average Bonchev–Trinajstić information content (AvgIpc) is 2.42. The molecule has 0 unspecified atom stereocenters. The maximum Gasteiger partial charge on any atom is 0.0857 e. The molecule has 0 saturated carbocycles. The lowest BCUT2D eigenvalue weighted by atomic mass is 9.68. The number of hydrogen-bond acceptors (Lipinski definition) is 2. The molecule has 0 aliphatic carbocycles. The highest BCUT2D eigenvalue weighted by atomic mass is 14.4. The van der Waals surface area contributed by atoms with Gasteiger partial charge in [-0.15, -0.1) is 0 Å². The van der Waals surface area contributed by atoms with E-state index in [4.69, 9.17) is 5.26 Å². The van der Waals surface area contributed by atoms with Gasteiger partial charge in [0, 0.05) is 6.42 Å². The monoisotopic (exact) mass is 240 g/mol. The molecule has 2 nitrogen and oxygen atoms in total. The molecule has 2 heteroatoms. The van der Waals surface area contributed by atoms with Gasteiger partial charge in [0.15, 0.2) is 0 Å². The fourth-order valence-electron chi connectivity index (χ4n) is 2.57.